The number of benzene rings is 1. The van der Waals surface area contributed by atoms with Gasteiger partial charge in [-0.2, -0.15) is 0 Å². The minimum Gasteiger partial charge on any atom is -0.390 e. The number of amides is 1. The minimum absolute atomic E-state index is 0.123. The van der Waals surface area contributed by atoms with Crippen LogP contribution in [0.4, 0.5) is 0 Å². The third kappa shape index (κ3) is 3.05. The van der Waals surface area contributed by atoms with Crippen molar-refractivity contribution in [2.24, 2.45) is 0 Å². The highest BCUT2D eigenvalue weighted by molar-refractivity contribution is 5.92. The first-order valence-corrected chi connectivity index (χ1v) is 8.77. The summed E-state index contributed by atoms with van der Waals surface area (Å²) >= 11 is 0. The predicted molar refractivity (Wildman–Crippen MR) is 90.4 cm³/mol. The van der Waals surface area contributed by atoms with E-state index in [1.54, 1.807) is 15.8 Å². The number of carbonyl (C=O) groups excluding carboxylic acids is 1. The maximum absolute atomic E-state index is 12.7. The fraction of sp³-hybridized carbons (Fsp3) is 0.500. The summed E-state index contributed by atoms with van der Waals surface area (Å²) in [5, 5.41) is 18.4. The first-order chi connectivity index (χ1) is 12.2. The average molecular weight is 342 g/mol. The number of aromatic nitrogens is 3. The lowest BCUT2D eigenvalue weighted by Gasteiger charge is -2.46. The number of hydrogen-bond donors (Lipinski definition) is 1. The molecule has 1 atom stereocenters. The molecule has 2 fully saturated rings. The summed E-state index contributed by atoms with van der Waals surface area (Å²) in [6, 6.07) is 9.58. The van der Waals surface area contributed by atoms with Crippen molar-refractivity contribution >= 4 is 5.91 Å². The number of para-hydroxylation sites is 1. The largest absolute Gasteiger partial charge is 0.390 e. The van der Waals surface area contributed by atoms with E-state index in [0.29, 0.717) is 38.2 Å². The zero-order valence-electron chi connectivity index (χ0n) is 14.0. The van der Waals surface area contributed by atoms with Crippen molar-refractivity contribution in [3.05, 3.63) is 42.2 Å². The SMILES string of the molecule is O=C(c1cn(-c2ccccc2)nn1)N1CCC2(CC1)OCCC[C@H]2O. The number of aliphatic hydroxyl groups excluding tert-OH is 1. The van der Waals surface area contributed by atoms with E-state index in [-0.39, 0.29) is 5.91 Å². The lowest BCUT2D eigenvalue weighted by molar-refractivity contribution is -0.174. The van der Waals surface area contributed by atoms with Crippen LogP contribution in [-0.2, 0) is 4.74 Å². The lowest BCUT2D eigenvalue weighted by atomic mass is 9.82. The molecule has 0 aliphatic carbocycles. The second-order valence-electron chi connectivity index (χ2n) is 6.75. The molecule has 2 aliphatic heterocycles. The van der Waals surface area contributed by atoms with Gasteiger partial charge in [-0.3, -0.25) is 4.79 Å². The molecule has 2 aliphatic rings. The fourth-order valence-electron chi connectivity index (χ4n) is 3.71. The van der Waals surface area contributed by atoms with Crippen molar-refractivity contribution in [3.63, 3.8) is 0 Å². The van der Waals surface area contributed by atoms with Crippen molar-refractivity contribution in [1.82, 2.24) is 19.9 Å². The van der Waals surface area contributed by atoms with Crippen LogP contribution in [0.15, 0.2) is 36.5 Å². The Morgan fingerprint density at radius 2 is 2.00 bits per heavy atom. The van der Waals surface area contributed by atoms with Crippen molar-refractivity contribution < 1.29 is 14.6 Å². The maximum atomic E-state index is 12.7. The molecule has 1 N–H and O–H groups in total. The summed E-state index contributed by atoms with van der Waals surface area (Å²) in [5.41, 5.74) is 0.728. The van der Waals surface area contributed by atoms with Crippen LogP contribution in [-0.4, -0.2) is 62.3 Å². The molecule has 0 bridgehead atoms. The summed E-state index contributed by atoms with van der Waals surface area (Å²) in [6.07, 6.45) is 4.22. The zero-order chi connectivity index (χ0) is 17.3. The molecule has 7 heteroatoms. The van der Waals surface area contributed by atoms with E-state index >= 15 is 0 Å². The summed E-state index contributed by atoms with van der Waals surface area (Å²) in [6.45, 7) is 1.82. The molecule has 4 rings (SSSR count). The van der Waals surface area contributed by atoms with E-state index in [4.69, 9.17) is 4.74 Å². The van der Waals surface area contributed by atoms with E-state index in [0.717, 1.165) is 18.5 Å². The molecule has 25 heavy (non-hydrogen) atoms. The van der Waals surface area contributed by atoms with Gasteiger partial charge in [-0.15, -0.1) is 5.10 Å². The standard InChI is InChI=1S/C18H22N4O3/c23-16-7-4-12-25-18(16)8-10-21(11-9-18)17(24)15-13-22(20-19-15)14-5-2-1-3-6-14/h1-3,5-6,13,16,23H,4,7-12H2/t16-/m1/s1. The molecule has 1 amide bonds. The smallest absolute Gasteiger partial charge is 0.276 e. The van der Waals surface area contributed by atoms with Gasteiger partial charge in [0.15, 0.2) is 5.69 Å². The quantitative estimate of drug-likeness (QED) is 0.893. The lowest BCUT2D eigenvalue weighted by Crippen LogP contribution is -2.56. The molecule has 2 saturated heterocycles. The van der Waals surface area contributed by atoms with Gasteiger partial charge in [-0.05, 0) is 37.8 Å². The van der Waals surface area contributed by atoms with Crippen LogP contribution in [0.5, 0.6) is 0 Å². The Balaban J connectivity index is 1.43. The summed E-state index contributed by atoms with van der Waals surface area (Å²) in [4.78, 5) is 14.5. The van der Waals surface area contributed by atoms with Gasteiger partial charge in [-0.1, -0.05) is 23.4 Å². The Labute approximate surface area is 146 Å². The van der Waals surface area contributed by atoms with Gasteiger partial charge in [0.25, 0.3) is 5.91 Å². The Bertz CT molecular complexity index is 738. The second kappa shape index (κ2) is 6.57. The van der Waals surface area contributed by atoms with Gasteiger partial charge in [0, 0.05) is 19.7 Å². The van der Waals surface area contributed by atoms with Gasteiger partial charge in [0.2, 0.25) is 0 Å². The van der Waals surface area contributed by atoms with E-state index in [1.807, 2.05) is 30.3 Å². The highest BCUT2D eigenvalue weighted by atomic mass is 16.5. The van der Waals surface area contributed by atoms with E-state index in [9.17, 15) is 9.90 Å². The number of piperidine rings is 1. The van der Waals surface area contributed by atoms with Crippen molar-refractivity contribution in [3.8, 4) is 5.69 Å². The predicted octanol–water partition coefficient (Wildman–Crippen LogP) is 1.41. The third-order valence-electron chi connectivity index (χ3n) is 5.25. The molecule has 7 nitrogen and oxygen atoms in total. The average Bonchev–Trinajstić information content (AvgIpc) is 3.15. The monoisotopic (exact) mass is 342 g/mol. The fourth-order valence-corrected chi connectivity index (χ4v) is 3.71. The van der Waals surface area contributed by atoms with Crippen LogP contribution in [0.3, 0.4) is 0 Å². The molecule has 0 unspecified atom stereocenters. The molecular weight excluding hydrogens is 320 g/mol. The molecule has 1 spiro atoms. The molecule has 132 valence electrons. The first-order valence-electron chi connectivity index (χ1n) is 8.77. The number of carbonyl (C=O) groups is 1. The third-order valence-corrected chi connectivity index (χ3v) is 5.25. The Morgan fingerprint density at radius 3 is 2.72 bits per heavy atom. The minimum atomic E-state index is -0.476. The summed E-state index contributed by atoms with van der Waals surface area (Å²) in [7, 11) is 0. The maximum Gasteiger partial charge on any atom is 0.276 e. The molecule has 0 radical (unpaired) electrons. The van der Waals surface area contributed by atoms with Crippen LogP contribution in [0.25, 0.3) is 5.69 Å². The number of hydrogen-bond acceptors (Lipinski definition) is 5. The van der Waals surface area contributed by atoms with Crippen LogP contribution in [0.1, 0.15) is 36.2 Å². The molecule has 3 heterocycles. The van der Waals surface area contributed by atoms with E-state index in [1.165, 1.54) is 0 Å². The normalized spacial score (nSPS) is 22.9. The van der Waals surface area contributed by atoms with Crippen molar-refractivity contribution in [2.45, 2.75) is 37.4 Å². The number of nitrogens with zero attached hydrogens (tertiary/aromatic N) is 4. The number of ether oxygens (including phenoxy) is 1. The second-order valence-corrected chi connectivity index (χ2v) is 6.75. The van der Waals surface area contributed by atoms with Crippen molar-refractivity contribution in [1.29, 1.82) is 0 Å². The highest BCUT2D eigenvalue weighted by Gasteiger charge is 2.44. The molecule has 2 aromatic rings. The summed E-state index contributed by atoms with van der Waals surface area (Å²) < 4.78 is 7.50. The molecule has 1 aromatic heterocycles. The first kappa shape index (κ1) is 16.2. The van der Waals surface area contributed by atoms with E-state index in [2.05, 4.69) is 10.3 Å². The van der Waals surface area contributed by atoms with E-state index < -0.39 is 11.7 Å². The van der Waals surface area contributed by atoms with Gasteiger partial charge >= 0.3 is 0 Å². The van der Waals surface area contributed by atoms with Crippen LogP contribution in [0.2, 0.25) is 0 Å². The Hall–Kier alpha value is -2.25. The topological polar surface area (TPSA) is 80.5 Å². The van der Waals surface area contributed by atoms with Crippen LogP contribution >= 0.6 is 0 Å². The van der Waals surface area contributed by atoms with Crippen molar-refractivity contribution in [2.75, 3.05) is 19.7 Å². The summed E-state index contributed by atoms with van der Waals surface area (Å²) in [5.74, 6) is -0.123. The van der Waals surface area contributed by atoms with Crippen LogP contribution < -0.4 is 0 Å². The number of rotatable bonds is 2. The Kier molecular flexibility index (Phi) is 4.27. The zero-order valence-corrected chi connectivity index (χ0v) is 14.0. The number of aliphatic hydroxyl groups is 1. The van der Waals surface area contributed by atoms with Crippen LogP contribution in [0, 0.1) is 0 Å². The number of likely N-dealkylation sites (tertiary alicyclic amines) is 1. The van der Waals surface area contributed by atoms with Gasteiger partial charge in [0.05, 0.1) is 23.6 Å². The molecular formula is C18H22N4O3. The molecule has 1 aromatic carbocycles. The Morgan fingerprint density at radius 1 is 1.24 bits per heavy atom. The van der Waals surface area contributed by atoms with Gasteiger partial charge < -0.3 is 14.7 Å². The van der Waals surface area contributed by atoms with Gasteiger partial charge in [0.1, 0.15) is 0 Å². The molecule has 0 saturated carbocycles. The van der Waals surface area contributed by atoms with Gasteiger partial charge in [-0.25, -0.2) is 4.68 Å². The highest BCUT2D eigenvalue weighted by Crippen LogP contribution is 2.35.